The van der Waals surface area contributed by atoms with Crippen LogP contribution in [0, 0.1) is 0 Å². The molecule has 0 radical (unpaired) electrons. The number of hydrogen-bond donors (Lipinski definition) is 2. The van der Waals surface area contributed by atoms with Crippen molar-refractivity contribution in [3.8, 4) is 0 Å². The van der Waals surface area contributed by atoms with Gasteiger partial charge in [-0.15, -0.1) is 0 Å². The summed E-state index contributed by atoms with van der Waals surface area (Å²) in [4.78, 5) is 48.9. The number of nitrogens with one attached hydrogen (secondary N) is 2. The molecule has 9 heteroatoms. The fourth-order valence-electron chi connectivity index (χ4n) is 4.88. The van der Waals surface area contributed by atoms with Crippen LogP contribution in [-0.2, 0) is 24.2 Å². The molecule has 1 saturated heterocycles. The molecule has 0 spiro atoms. The smallest absolute Gasteiger partial charge is 0.329 e. The predicted molar refractivity (Wildman–Crippen MR) is 135 cm³/mol. The number of carbonyl (C=O) groups is 1. The minimum atomic E-state index is -0.474. The lowest BCUT2D eigenvalue weighted by Crippen LogP contribution is -2.49. The number of aromatic nitrogens is 3. The maximum absolute atomic E-state index is 12.6. The molecule has 0 atom stereocenters. The van der Waals surface area contributed by atoms with Gasteiger partial charge in [0.2, 0.25) is 5.91 Å². The van der Waals surface area contributed by atoms with Crippen LogP contribution in [0.25, 0.3) is 0 Å². The van der Waals surface area contributed by atoms with E-state index in [1.54, 1.807) is 6.20 Å². The number of amides is 1. The first-order chi connectivity index (χ1) is 17.1. The standard InChI is InChI=1S/C26H30N6O3/c33-24(31-15-13-30(14-16-31)23-7-1-2-11-27-23)8-4-12-32-25(34)18-22(29-26(32)35)28-21-10-9-19-5-3-6-20(19)17-21/h1-2,7,9-11,17-18,28H,3-6,8,12-16H2,(H,29,35). The molecule has 9 nitrogen and oxygen atoms in total. The molecule has 0 saturated carbocycles. The molecular formula is C26H30N6O3. The molecule has 1 fully saturated rings. The van der Waals surface area contributed by atoms with Gasteiger partial charge in [-0.25, -0.2) is 9.78 Å². The molecule has 182 valence electrons. The Kier molecular flexibility index (Phi) is 6.65. The van der Waals surface area contributed by atoms with Gasteiger partial charge in [0, 0.05) is 57.1 Å². The minimum Gasteiger partial charge on any atom is -0.353 e. The fraction of sp³-hybridized carbons (Fsp3) is 0.385. The van der Waals surface area contributed by atoms with Crippen molar-refractivity contribution in [1.29, 1.82) is 0 Å². The Morgan fingerprint density at radius 2 is 1.83 bits per heavy atom. The number of aryl methyl sites for hydroxylation is 2. The summed E-state index contributed by atoms with van der Waals surface area (Å²) >= 11 is 0. The SMILES string of the molecule is O=C(CCCn1c(=O)cc(Nc2ccc3c(c2)CCC3)[nH]c1=O)N1CCN(c2ccccn2)CC1. The number of aromatic amines is 1. The normalized spacial score (nSPS) is 15.2. The van der Waals surface area contributed by atoms with E-state index in [-0.39, 0.29) is 18.0 Å². The van der Waals surface area contributed by atoms with Crippen molar-refractivity contribution in [2.24, 2.45) is 0 Å². The van der Waals surface area contributed by atoms with E-state index in [0.29, 0.717) is 31.7 Å². The summed E-state index contributed by atoms with van der Waals surface area (Å²) in [5.74, 6) is 1.34. The fourth-order valence-corrected chi connectivity index (χ4v) is 4.88. The summed E-state index contributed by atoms with van der Waals surface area (Å²) in [6.45, 7) is 2.95. The molecule has 0 unspecified atom stereocenters. The Morgan fingerprint density at radius 3 is 2.60 bits per heavy atom. The topological polar surface area (TPSA) is 103 Å². The molecule has 2 N–H and O–H groups in total. The minimum absolute atomic E-state index is 0.0463. The number of piperazine rings is 1. The molecule has 1 aliphatic heterocycles. The second-order valence-corrected chi connectivity index (χ2v) is 9.10. The number of rotatable bonds is 7. The number of carbonyl (C=O) groups excluding carboxylic acids is 1. The Morgan fingerprint density at radius 1 is 1.00 bits per heavy atom. The van der Waals surface area contributed by atoms with E-state index in [1.807, 2.05) is 29.2 Å². The highest BCUT2D eigenvalue weighted by atomic mass is 16.2. The zero-order valence-electron chi connectivity index (χ0n) is 19.7. The van der Waals surface area contributed by atoms with Crippen LogP contribution >= 0.6 is 0 Å². The molecule has 3 aromatic rings. The van der Waals surface area contributed by atoms with E-state index < -0.39 is 5.69 Å². The van der Waals surface area contributed by atoms with Gasteiger partial charge in [0.25, 0.3) is 5.56 Å². The zero-order chi connectivity index (χ0) is 24.2. The van der Waals surface area contributed by atoms with E-state index in [9.17, 15) is 14.4 Å². The molecule has 1 amide bonds. The lowest BCUT2D eigenvalue weighted by molar-refractivity contribution is -0.131. The largest absolute Gasteiger partial charge is 0.353 e. The molecule has 2 aliphatic rings. The summed E-state index contributed by atoms with van der Waals surface area (Å²) < 4.78 is 1.15. The first-order valence-corrected chi connectivity index (χ1v) is 12.2. The van der Waals surface area contributed by atoms with Gasteiger partial charge < -0.3 is 15.1 Å². The van der Waals surface area contributed by atoms with Crippen LogP contribution in [-0.4, -0.2) is 51.5 Å². The second kappa shape index (κ2) is 10.2. The third kappa shape index (κ3) is 5.29. The molecule has 5 rings (SSSR count). The van der Waals surface area contributed by atoms with Crippen LogP contribution in [0.3, 0.4) is 0 Å². The van der Waals surface area contributed by atoms with Gasteiger partial charge in [0.05, 0.1) is 0 Å². The van der Waals surface area contributed by atoms with Crippen molar-refractivity contribution in [2.75, 3.05) is 36.4 Å². The number of fused-ring (bicyclic) bond motifs is 1. The average molecular weight is 475 g/mol. The number of H-pyrrole nitrogens is 1. The third-order valence-corrected chi connectivity index (χ3v) is 6.78. The van der Waals surface area contributed by atoms with Crippen LogP contribution in [0.15, 0.2) is 58.3 Å². The van der Waals surface area contributed by atoms with Crippen molar-refractivity contribution in [1.82, 2.24) is 19.4 Å². The van der Waals surface area contributed by atoms with Crippen LogP contribution in [0.4, 0.5) is 17.3 Å². The molecule has 3 heterocycles. The molecule has 2 aromatic heterocycles. The predicted octanol–water partition coefficient (Wildman–Crippen LogP) is 2.29. The van der Waals surface area contributed by atoms with Gasteiger partial charge >= 0.3 is 5.69 Å². The summed E-state index contributed by atoms with van der Waals surface area (Å²) in [6.07, 6.45) is 5.82. The van der Waals surface area contributed by atoms with Gasteiger partial charge in [-0.2, -0.15) is 0 Å². The lowest BCUT2D eigenvalue weighted by atomic mass is 10.1. The first kappa shape index (κ1) is 22.9. The Labute approximate surface area is 203 Å². The van der Waals surface area contributed by atoms with E-state index in [0.717, 1.165) is 48.4 Å². The van der Waals surface area contributed by atoms with E-state index >= 15 is 0 Å². The number of anilines is 3. The van der Waals surface area contributed by atoms with Gasteiger partial charge in [0.1, 0.15) is 11.6 Å². The monoisotopic (exact) mass is 474 g/mol. The molecule has 1 aromatic carbocycles. The van der Waals surface area contributed by atoms with E-state index in [2.05, 4.69) is 32.3 Å². The summed E-state index contributed by atoms with van der Waals surface area (Å²) in [5.41, 5.74) is 2.68. The third-order valence-electron chi connectivity index (χ3n) is 6.78. The zero-order valence-corrected chi connectivity index (χ0v) is 19.7. The Hall–Kier alpha value is -3.88. The number of pyridine rings is 1. The van der Waals surface area contributed by atoms with Crippen molar-refractivity contribution in [2.45, 2.75) is 38.6 Å². The highest BCUT2D eigenvalue weighted by molar-refractivity contribution is 5.76. The maximum atomic E-state index is 12.6. The Bertz CT molecular complexity index is 1280. The second-order valence-electron chi connectivity index (χ2n) is 9.10. The molecular weight excluding hydrogens is 444 g/mol. The quantitative estimate of drug-likeness (QED) is 0.545. The summed E-state index contributed by atoms with van der Waals surface area (Å²) in [7, 11) is 0. The van der Waals surface area contributed by atoms with Crippen molar-refractivity contribution in [3.63, 3.8) is 0 Å². The molecule has 1 aliphatic carbocycles. The first-order valence-electron chi connectivity index (χ1n) is 12.2. The number of nitrogens with zero attached hydrogens (tertiary/aromatic N) is 4. The Balaban J connectivity index is 1.13. The van der Waals surface area contributed by atoms with Gasteiger partial charge in [-0.3, -0.25) is 19.1 Å². The lowest BCUT2D eigenvalue weighted by Gasteiger charge is -2.35. The van der Waals surface area contributed by atoms with E-state index in [4.69, 9.17) is 0 Å². The average Bonchev–Trinajstić information content (AvgIpc) is 3.34. The summed E-state index contributed by atoms with van der Waals surface area (Å²) in [5, 5.41) is 3.14. The van der Waals surface area contributed by atoms with Crippen LogP contribution in [0.1, 0.15) is 30.4 Å². The van der Waals surface area contributed by atoms with Gasteiger partial charge in [-0.1, -0.05) is 12.1 Å². The highest BCUT2D eigenvalue weighted by Crippen LogP contribution is 2.25. The van der Waals surface area contributed by atoms with Gasteiger partial charge in [0.15, 0.2) is 0 Å². The maximum Gasteiger partial charge on any atom is 0.329 e. The highest BCUT2D eigenvalue weighted by Gasteiger charge is 2.21. The number of hydrogen-bond acceptors (Lipinski definition) is 6. The van der Waals surface area contributed by atoms with Crippen molar-refractivity contribution >= 4 is 23.2 Å². The van der Waals surface area contributed by atoms with Crippen LogP contribution < -0.4 is 21.5 Å². The molecule has 0 bridgehead atoms. The van der Waals surface area contributed by atoms with Gasteiger partial charge in [-0.05, 0) is 61.1 Å². The molecule has 35 heavy (non-hydrogen) atoms. The number of benzene rings is 1. The van der Waals surface area contributed by atoms with Crippen molar-refractivity contribution in [3.05, 3.63) is 80.6 Å². The van der Waals surface area contributed by atoms with E-state index in [1.165, 1.54) is 17.2 Å². The van der Waals surface area contributed by atoms with Crippen LogP contribution in [0.5, 0.6) is 0 Å². The van der Waals surface area contributed by atoms with Crippen LogP contribution in [0.2, 0.25) is 0 Å². The van der Waals surface area contributed by atoms with Crippen molar-refractivity contribution < 1.29 is 4.79 Å². The summed E-state index contributed by atoms with van der Waals surface area (Å²) in [6, 6.07) is 13.4.